The Labute approximate surface area is 113 Å². The number of piperidine rings is 1. The van der Waals surface area contributed by atoms with E-state index < -0.39 is 0 Å². The fourth-order valence-electron chi connectivity index (χ4n) is 2.50. The Balaban J connectivity index is 1.94. The van der Waals surface area contributed by atoms with Crippen molar-refractivity contribution in [3.8, 4) is 0 Å². The van der Waals surface area contributed by atoms with E-state index in [1.807, 2.05) is 13.0 Å². The molecule has 1 saturated heterocycles. The van der Waals surface area contributed by atoms with Crippen molar-refractivity contribution in [2.75, 3.05) is 32.0 Å². The third-order valence-corrected chi connectivity index (χ3v) is 3.71. The molecular formula is C14H21N3O2. The number of hydrogen-bond donors (Lipinski definition) is 1. The lowest BCUT2D eigenvalue weighted by Gasteiger charge is -2.29. The van der Waals surface area contributed by atoms with E-state index in [1.54, 1.807) is 12.1 Å². The fourth-order valence-corrected chi connectivity index (χ4v) is 2.50. The summed E-state index contributed by atoms with van der Waals surface area (Å²) in [6.07, 6.45) is 2.38. The molecule has 0 saturated carbocycles. The third-order valence-electron chi connectivity index (χ3n) is 3.71. The van der Waals surface area contributed by atoms with Crippen LogP contribution in [0.25, 0.3) is 0 Å². The second-order valence-corrected chi connectivity index (χ2v) is 5.44. The number of likely N-dealkylation sites (tertiary alicyclic amines) is 1. The Hall–Kier alpha value is -1.62. The number of anilines is 1. The number of nitrogens with one attached hydrogen (secondary N) is 1. The van der Waals surface area contributed by atoms with Crippen LogP contribution in [0.15, 0.2) is 18.2 Å². The molecular weight excluding hydrogens is 242 g/mol. The van der Waals surface area contributed by atoms with Gasteiger partial charge in [-0.1, -0.05) is 0 Å². The number of aryl methyl sites for hydroxylation is 1. The van der Waals surface area contributed by atoms with E-state index in [0.29, 0.717) is 5.92 Å². The molecule has 1 fully saturated rings. The van der Waals surface area contributed by atoms with E-state index in [9.17, 15) is 10.1 Å². The van der Waals surface area contributed by atoms with E-state index in [2.05, 4.69) is 17.3 Å². The zero-order valence-electron chi connectivity index (χ0n) is 11.6. The molecule has 0 aliphatic carbocycles. The van der Waals surface area contributed by atoms with Gasteiger partial charge in [0.1, 0.15) is 0 Å². The van der Waals surface area contributed by atoms with Crippen molar-refractivity contribution in [3.63, 3.8) is 0 Å². The van der Waals surface area contributed by atoms with Crippen molar-refractivity contribution >= 4 is 11.4 Å². The molecule has 0 unspecified atom stereocenters. The summed E-state index contributed by atoms with van der Waals surface area (Å²) in [6.45, 7) is 5.06. The first kappa shape index (κ1) is 13.8. The van der Waals surface area contributed by atoms with Crippen LogP contribution in [0, 0.1) is 23.0 Å². The monoisotopic (exact) mass is 263 g/mol. The first-order valence-corrected chi connectivity index (χ1v) is 6.73. The summed E-state index contributed by atoms with van der Waals surface area (Å²) in [6, 6.07) is 5.17. The maximum atomic E-state index is 10.8. The molecule has 0 radical (unpaired) electrons. The van der Waals surface area contributed by atoms with Crippen LogP contribution in [0.4, 0.5) is 11.4 Å². The minimum absolute atomic E-state index is 0.158. The van der Waals surface area contributed by atoms with E-state index in [1.165, 1.54) is 12.8 Å². The molecule has 1 aliphatic rings. The summed E-state index contributed by atoms with van der Waals surface area (Å²) in [5.74, 6) is 0.663. The van der Waals surface area contributed by atoms with Crippen LogP contribution < -0.4 is 5.32 Å². The Morgan fingerprint density at radius 3 is 2.68 bits per heavy atom. The Bertz CT molecular complexity index is 454. The number of hydrogen-bond acceptors (Lipinski definition) is 4. The predicted octanol–water partition coefficient (Wildman–Crippen LogP) is 2.66. The summed E-state index contributed by atoms with van der Waals surface area (Å²) < 4.78 is 0. The number of nitrogens with zero attached hydrogens (tertiary/aromatic N) is 2. The average molecular weight is 263 g/mol. The minimum Gasteiger partial charge on any atom is -0.385 e. The number of rotatable bonds is 4. The summed E-state index contributed by atoms with van der Waals surface area (Å²) in [4.78, 5) is 12.8. The zero-order valence-corrected chi connectivity index (χ0v) is 11.6. The van der Waals surface area contributed by atoms with Gasteiger partial charge in [0.2, 0.25) is 0 Å². The van der Waals surface area contributed by atoms with Crippen LogP contribution in [0.5, 0.6) is 0 Å². The van der Waals surface area contributed by atoms with E-state index in [-0.39, 0.29) is 10.6 Å². The predicted molar refractivity (Wildman–Crippen MR) is 76.5 cm³/mol. The van der Waals surface area contributed by atoms with Crippen molar-refractivity contribution in [2.45, 2.75) is 19.8 Å². The molecule has 2 rings (SSSR count). The molecule has 104 valence electrons. The average Bonchev–Trinajstić information content (AvgIpc) is 2.37. The SMILES string of the molecule is Cc1cc(NCC2CCN(C)CC2)cc([N+](=O)[O-])c1. The highest BCUT2D eigenvalue weighted by Gasteiger charge is 2.16. The van der Waals surface area contributed by atoms with E-state index in [0.717, 1.165) is 30.9 Å². The zero-order chi connectivity index (χ0) is 13.8. The number of nitro groups is 1. The summed E-state index contributed by atoms with van der Waals surface area (Å²) >= 11 is 0. The topological polar surface area (TPSA) is 58.4 Å². The van der Waals surface area contributed by atoms with Gasteiger partial charge in [0, 0.05) is 24.4 Å². The first-order chi connectivity index (χ1) is 9.04. The van der Waals surface area contributed by atoms with Crippen molar-refractivity contribution in [3.05, 3.63) is 33.9 Å². The lowest BCUT2D eigenvalue weighted by Crippen LogP contribution is -2.32. The van der Waals surface area contributed by atoms with Crippen LogP contribution in [0.2, 0.25) is 0 Å². The van der Waals surface area contributed by atoms with Gasteiger partial charge in [-0.05, 0) is 57.5 Å². The molecule has 0 atom stereocenters. The van der Waals surface area contributed by atoms with Crippen molar-refractivity contribution < 1.29 is 4.92 Å². The molecule has 1 aliphatic heterocycles. The van der Waals surface area contributed by atoms with Gasteiger partial charge in [0.05, 0.1) is 4.92 Å². The molecule has 1 heterocycles. The van der Waals surface area contributed by atoms with Gasteiger partial charge in [0.25, 0.3) is 5.69 Å². The summed E-state index contributed by atoms with van der Waals surface area (Å²) in [5, 5.41) is 14.2. The highest BCUT2D eigenvalue weighted by Crippen LogP contribution is 2.22. The number of non-ortho nitro benzene ring substituents is 1. The number of benzene rings is 1. The van der Waals surface area contributed by atoms with Crippen LogP contribution in [0.3, 0.4) is 0 Å². The van der Waals surface area contributed by atoms with Gasteiger partial charge in [-0.15, -0.1) is 0 Å². The highest BCUT2D eigenvalue weighted by molar-refractivity contribution is 5.53. The largest absolute Gasteiger partial charge is 0.385 e. The Morgan fingerprint density at radius 1 is 1.37 bits per heavy atom. The molecule has 5 nitrogen and oxygen atoms in total. The molecule has 0 bridgehead atoms. The van der Waals surface area contributed by atoms with Gasteiger partial charge in [-0.25, -0.2) is 0 Å². The molecule has 0 aromatic heterocycles. The molecule has 5 heteroatoms. The third kappa shape index (κ3) is 3.92. The highest BCUT2D eigenvalue weighted by atomic mass is 16.6. The number of nitro benzene ring substituents is 1. The maximum Gasteiger partial charge on any atom is 0.271 e. The van der Waals surface area contributed by atoms with Crippen LogP contribution in [-0.2, 0) is 0 Å². The van der Waals surface area contributed by atoms with Gasteiger partial charge >= 0.3 is 0 Å². The standard InChI is InChI=1S/C14H21N3O2/c1-11-7-13(9-14(8-11)17(18)19)15-10-12-3-5-16(2)6-4-12/h7-9,12,15H,3-6,10H2,1-2H3. The van der Waals surface area contributed by atoms with E-state index >= 15 is 0 Å². The smallest absolute Gasteiger partial charge is 0.271 e. The second-order valence-electron chi connectivity index (χ2n) is 5.44. The Morgan fingerprint density at radius 2 is 2.05 bits per heavy atom. The molecule has 1 N–H and O–H groups in total. The normalized spacial score (nSPS) is 17.4. The van der Waals surface area contributed by atoms with Gasteiger partial charge in [-0.2, -0.15) is 0 Å². The molecule has 1 aromatic carbocycles. The van der Waals surface area contributed by atoms with Crippen LogP contribution in [-0.4, -0.2) is 36.5 Å². The first-order valence-electron chi connectivity index (χ1n) is 6.73. The second kappa shape index (κ2) is 6.02. The lowest BCUT2D eigenvalue weighted by atomic mass is 9.97. The van der Waals surface area contributed by atoms with Gasteiger partial charge < -0.3 is 10.2 Å². The van der Waals surface area contributed by atoms with E-state index in [4.69, 9.17) is 0 Å². The lowest BCUT2D eigenvalue weighted by molar-refractivity contribution is -0.384. The van der Waals surface area contributed by atoms with Gasteiger partial charge in [-0.3, -0.25) is 10.1 Å². The minimum atomic E-state index is -0.340. The summed E-state index contributed by atoms with van der Waals surface area (Å²) in [7, 11) is 2.15. The van der Waals surface area contributed by atoms with Crippen LogP contribution >= 0.6 is 0 Å². The van der Waals surface area contributed by atoms with Crippen molar-refractivity contribution in [1.82, 2.24) is 4.90 Å². The van der Waals surface area contributed by atoms with Gasteiger partial charge in [0.15, 0.2) is 0 Å². The molecule has 1 aromatic rings. The fraction of sp³-hybridized carbons (Fsp3) is 0.571. The van der Waals surface area contributed by atoms with Crippen molar-refractivity contribution in [1.29, 1.82) is 0 Å². The van der Waals surface area contributed by atoms with Crippen molar-refractivity contribution in [2.24, 2.45) is 5.92 Å². The maximum absolute atomic E-state index is 10.8. The quantitative estimate of drug-likeness (QED) is 0.670. The summed E-state index contributed by atoms with van der Waals surface area (Å²) in [5.41, 5.74) is 1.93. The van der Waals surface area contributed by atoms with Crippen LogP contribution in [0.1, 0.15) is 18.4 Å². The Kier molecular flexibility index (Phi) is 4.37. The molecule has 0 spiro atoms. The molecule has 0 amide bonds. The molecule has 19 heavy (non-hydrogen) atoms.